The van der Waals surface area contributed by atoms with E-state index in [0.717, 1.165) is 12.0 Å². The van der Waals surface area contributed by atoms with Crippen molar-refractivity contribution in [1.29, 1.82) is 0 Å². The Morgan fingerprint density at radius 1 is 1.27 bits per heavy atom. The van der Waals surface area contributed by atoms with Gasteiger partial charge in [0.1, 0.15) is 4.33 Å². The van der Waals surface area contributed by atoms with E-state index in [1.807, 2.05) is 37.3 Å². The van der Waals surface area contributed by atoms with Gasteiger partial charge in [0.2, 0.25) is 11.8 Å². The summed E-state index contributed by atoms with van der Waals surface area (Å²) in [6.45, 7) is 2.92. The van der Waals surface area contributed by atoms with Crippen LogP contribution in [0.5, 0.6) is 17.4 Å². The molecule has 1 fully saturated rings. The third-order valence-corrected chi connectivity index (χ3v) is 4.80. The zero-order valence-electron chi connectivity index (χ0n) is 14.4. The number of hydrogen-bond acceptors (Lipinski definition) is 4. The summed E-state index contributed by atoms with van der Waals surface area (Å²) >= 11 is 11.9. The summed E-state index contributed by atoms with van der Waals surface area (Å²) in [5, 5.41) is 2.83. The van der Waals surface area contributed by atoms with Crippen LogP contribution in [-0.4, -0.2) is 21.8 Å². The van der Waals surface area contributed by atoms with E-state index in [2.05, 4.69) is 10.3 Å². The van der Waals surface area contributed by atoms with Gasteiger partial charge in [-0.15, -0.1) is 23.2 Å². The predicted molar refractivity (Wildman–Crippen MR) is 101 cm³/mol. The summed E-state index contributed by atoms with van der Waals surface area (Å²) in [6, 6.07) is 11.1. The number of carbonyl (C=O) groups excluding carboxylic acids is 1. The smallest absolute Gasteiger partial charge is 0.226 e. The Hall–Kier alpha value is -1.98. The third kappa shape index (κ3) is 4.59. The van der Waals surface area contributed by atoms with Crippen LogP contribution in [0.2, 0.25) is 0 Å². The van der Waals surface area contributed by atoms with E-state index in [4.69, 9.17) is 32.7 Å². The van der Waals surface area contributed by atoms with E-state index in [-0.39, 0.29) is 18.4 Å². The maximum absolute atomic E-state index is 12.1. The highest BCUT2D eigenvalue weighted by Crippen LogP contribution is 2.53. The summed E-state index contributed by atoms with van der Waals surface area (Å²) < 4.78 is 10.7. The second-order valence-electron chi connectivity index (χ2n) is 6.10. The minimum atomic E-state index is -0.937. The summed E-state index contributed by atoms with van der Waals surface area (Å²) in [5.41, 5.74) is 0.751. The fourth-order valence-corrected chi connectivity index (χ4v) is 2.93. The van der Waals surface area contributed by atoms with Gasteiger partial charge in [-0.2, -0.15) is 0 Å². The zero-order valence-corrected chi connectivity index (χ0v) is 15.9. The van der Waals surface area contributed by atoms with E-state index in [9.17, 15) is 4.79 Å². The van der Waals surface area contributed by atoms with Crippen molar-refractivity contribution in [2.75, 3.05) is 6.61 Å². The molecule has 0 radical (unpaired) electrons. The number of halogens is 2. The Labute approximate surface area is 162 Å². The molecule has 7 heteroatoms. The Balaban J connectivity index is 1.69. The Morgan fingerprint density at radius 3 is 2.69 bits per heavy atom. The molecule has 2 aromatic rings. The summed E-state index contributed by atoms with van der Waals surface area (Å²) in [5.74, 6) is 1.11. The minimum absolute atomic E-state index is 0.170. The molecule has 1 saturated carbocycles. The number of aromatic nitrogens is 1. The Kier molecular flexibility index (Phi) is 5.89. The number of amides is 1. The quantitative estimate of drug-likeness (QED) is 0.670. The van der Waals surface area contributed by atoms with Crippen LogP contribution >= 0.6 is 23.2 Å². The van der Waals surface area contributed by atoms with Gasteiger partial charge >= 0.3 is 0 Å². The minimum Gasteiger partial charge on any atom is -0.490 e. The van der Waals surface area contributed by atoms with Gasteiger partial charge in [0.25, 0.3) is 0 Å². The van der Waals surface area contributed by atoms with Crippen LogP contribution in [0.4, 0.5) is 0 Å². The SMILES string of the molecule is CCCOc1ccccc1Oc1ncccc1CNC(=O)C1CC1(Cl)Cl. The molecule has 0 saturated heterocycles. The Bertz CT molecular complexity index is 783. The van der Waals surface area contributed by atoms with Crippen molar-refractivity contribution in [2.24, 2.45) is 5.92 Å². The van der Waals surface area contributed by atoms with Crippen molar-refractivity contribution in [2.45, 2.75) is 30.6 Å². The second kappa shape index (κ2) is 8.14. The summed E-state index contributed by atoms with van der Waals surface area (Å²) in [4.78, 5) is 16.4. The number of nitrogens with zero attached hydrogens (tertiary/aromatic N) is 1. The molecule has 1 aliphatic carbocycles. The summed E-state index contributed by atoms with van der Waals surface area (Å²) in [7, 11) is 0. The van der Waals surface area contributed by atoms with Gasteiger partial charge in [0.15, 0.2) is 11.5 Å². The van der Waals surface area contributed by atoms with Gasteiger partial charge in [0, 0.05) is 18.3 Å². The maximum Gasteiger partial charge on any atom is 0.226 e. The first-order chi connectivity index (χ1) is 12.5. The number of nitrogens with one attached hydrogen (secondary N) is 1. The predicted octanol–water partition coefficient (Wildman–Crippen LogP) is 4.47. The molecule has 1 unspecified atom stereocenters. The van der Waals surface area contributed by atoms with Crippen molar-refractivity contribution in [3.63, 3.8) is 0 Å². The van der Waals surface area contributed by atoms with E-state index in [1.165, 1.54) is 0 Å². The van der Waals surface area contributed by atoms with Crippen molar-refractivity contribution < 1.29 is 14.3 Å². The molecular weight excluding hydrogens is 375 g/mol. The number of ether oxygens (including phenoxy) is 2. The lowest BCUT2D eigenvalue weighted by molar-refractivity contribution is -0.122. The van der Waals surface area contributed by atoms with Crippen LogP contribution in [0.15, 0.2) is 42.6 Å². The van der Waals surface area contributed by atoms with E-state index >= 15 is 0 Å². The highest BCUT2D eigenvalue weighted by atomic mass is 35.5. The molecule has 3 rings (SSSR count). The lowest BCUT2D eigenvalue weighted by Crippen LogP contribution is -2.26. The van der Waals surface area contributed by atoms with Gasteiger partial charge in [0.05, 0.1) is 12.5 Å². The first kappa shape index (κ1) is 18.8. The molecule has 0 bridgehead atoms. The molecule has 26 heavy (non-hydrogen) atoms. The third-order valence-electron chi connectivity index (χ3n) is 3.96. The van der Waals surface area contributed by atoms with Crippen LogP contribution in [0.1, 0.15) is 25.3 Å². The number of pyridine rings is 1. The molecule has 0 spiro atoms. The standard InChI is InChI=1S/C19H20Cl2N2O3/c1-2-10-25-15-7-3-4-8-16(15)26-18-13(6-5-9-22-18)12-23-17(24)14-11-19(14,20)21/h3-9,14H,2,10-12H2,1H3,(H,23,24). The molecule has 1 N–H and O–H groups in total. The molecule has 1 amide bonds. The second-order valence-corrected chi connectivity index (χ2v) is 7.64. The fourth-order valence-electron chi connectivity index (χ4n) is 2.42. The van der Waals surface area contributed by atoms with Gasteiger partial charge in [-0.25, -0.2) is 4.98 Å². The van der Waals surface area contributed by atoms with Crippen molar-refractivity contribution in [3.05, 3.63) is 48.2 Å². The van der Waals surface area contributed by atoms with Crippen LogP contribution in [0.25, 0.3) is 0 Å². The highest BCUT2D eigenvalue weighted by molar-refractivity contribution is 6.52. The van der Waals surface area contributed by atoms with E-state index in [0.29, 0.717) is 30.4 Å². The molecule has 138 valence electrons. The first-order valence-corrected chi connectivity index (χ1v) is 9.26. The average molecular weight is 395 g/mol. The Morgan fingerprint density at radius 2 is 2.00 bits per heavy atom. The van der Waals surface area contributed by atoms with Gasteiger partial charge < -0.3 is 14.8 Å². The number of alkyl halides is 2. The number of rotatable bonds is 8. The van der Waals surface area contributed by atoms with Crippen LogP contribution < -0.4 is 14.8 Å². The molecule has 1 atom stereocenters. The largest absolute Gasteiger partial charge is 0.490 e. The fraction of sp³-hybridized carbons (Fsp3) is 0.368. The maximum atomic E-state index is 12.1. The van der Waals surface area contributed by atoms with Crippen molar-refractivity contribution in [1.82, 2.24) is 10.3 Å². The molecule has 1 heterocycles. The van der Waals surface area contributed by atoms with E-state index in [1.54, 1.807) is 12.3 Å². The van der Waals surface area contributed by atoms with Crippen molar-refractivity contribution in [3.8, 4) is 17.4 Å². The molecular formula is C19H20Cl2N2O3. The van der Waals surface area contributed by atoms with Crippen LogP contribution in [0.3, 0.4) is 0 Å². The van der Waals surface area contributed by atoms with Gasteiger partial charge in [-0.1, -0.05) is 25.1 Å². The monoisotopic (exact) mass is 394 g/mol. The normalized spacial score (nSPS) is 17.4. The highest BCUT2D eigenvalue weighted by Gasteiger charge is 2.56. The molecule has 1 aliphatic rings. The number of para-hydroxylation sites is 2. The average Bonchev–Trinajstić information content (AvgIpc) is 3.28. The lowest BCUT2D eigenvalue weighted by Gasteiger charge is -2.14. The van der Waals surface area contributed by atoms with E-state index < -0.39 is 4.33 Å². The van der Waals surface area contributed by atoms with Gasteiger partial charge in [-0.3, -0.25) is 4.79 Å². The zero-order chi connectivity index (χ0) is 18.6. The van der Waals surface area contributed by atoms with Crippen LogP contribution in [-0.2, 0) is 11.3 Å². The first-order valence-electron chi connectivity index (χ1n) is 8.50. The molecule has 5 nitrogen and oxygen atoms in total. The molecule has 1 aromatic heterocycles. The lowest BCUT2D eigenvalue weighted by atomic mass is 10.2. The number of carbonyl (C=O) groups is 1. The van der Waals surface area contributed by atoms with Crippen molar-refractivity contribution >= 4 is 29.1 Å². The van der Waals surface area contributed by atoms with Gasteiger partial charge in [-0.05, 0) is 31.0 Å². The summed E-state index contributed by atoms with van der Waals surface area (Å²) in [6.07, 6.45) is 3.01. The molecule has 0 aliphatic heterocycles. The molecule has 1 aromatic carbocycles. The number of hydrogen-bond donors (Lipinski definition) is 1. The topological polar surface area (TPSA) is 60.5 Å². The number of benzene rings is 1. The van der Waals surface area contributed by atoms with Crippen LogP contribution in [0, 0.1) is 5.92 Å².